The first kappa shape index (κ1) is 91.0. The molecule has 21 atom stereocenters. The number of aldehydes is 1. The first-order valence-electron chi connectivity index (χ1n) is 41.3. The van der Waals surface area contributed by atoms with Crippen LogP contribution < -0.4 is 33.8 Å². The van der Waals surface area contributed by atoms with Crippen molar-refractivity contribution in [3.63, 3.8) is 0 Å². The predicted molar refractivity (Wildman–Crippen MR) is 440 cm³/mol. The summed E-state index contributed by atoms with van der Waals surface area (Å²) in [5.41, 5.74) is 32.8. The topological polar surface area (TPSA) is 665 Å². The molecule has 10 aromatic heterocycles. The molecule has 128 heavy (non-hydrogen) atoms. The van der Waals surface area contributed by atoms with Gasteiger partial charge < -0.3 is 110 Å². The van der Waals surface area contributed by atoms with Crippen LogP contribution in [0.15, 0.2) is 31.6 Å². The molecule has 10 aromatic rings. The van der Waals surface area contributed by atoms with E-state index in [-0.39, 0.29) is 143 Å². The highest BCUT2D eigenvalue weighted by atomic mass is 32.2. The fraction of sp³-hybridized carbons (Fsp3) is 0.623. The number of aliphatic hydroxyl groups excluding tert-OH is 2. The summed E-state index contributed by atoms with van der Waals surface area (Å²) in [5.74, 6) is -3.71. The number of nitrogens with zero attached hydrogens (tertiary/aromatic N) is 20. The molecule has 0 saturated carbocycles. The Bertz CT molecular complexity index is 5920. The highest BCUT2D eigenvalue weighted by Gasteiger charge is 2.62. The van der Waals surface area contributed by atoms with E-state index < -0.39 is 113 Å². The summed E-state index contributed by atoms with van der Waals surface area (Å²) in [6, 6.07) is 0. The van der Waals surface area contributed by atoms with Crippen LogP contribution in [0.4, 0.5) is 29.1 Å². The quantitative estimate of drug-likeness (QED) is 0.0479. The van der Waals surface area contributed by atoms with E-state index in [4.69, 9.17) is 105 Å². The maximum Gasteiger partial charge on any atom is 0.333 e. The Morgan fingerprint density at radius 3 is 0.945 bits per heavy atom. The van der Waals surface area contributed by atoms with Crippen molar-refractivity contribution in [3.8, 4) is 0 Å². The number of fused-ring (bicyclic) bond motifs is 10. The van der Waals surface area contributed by atoms with E-state index in [1.54, 1.807) is 48.7 Å². The Kier molecular flexibility index (Phi) is 24.0. The van der Waals surface area contributed by atoms with Crippen molar-refractivity contribution in [2.45, 2.75) is 295 Å². The average molecular weight is 1810 g/mol. The van der Waals surface area contributed by atoms with Crippen molar-refractivity contribution in [1.29, 1.82) is 0 Å². The molecule has 10 aliphatic heterocycles. The summed E-state index contributed by atoms with van der Waals surface area (Å²) in [7, 11) is -4.18. The number of aromatic nitrogens is 20. The summed E-state index contributed by atoms with van der Waals surface area (Å²) >= 11 is 0. The summed E-state index contributed by atoms with van der Waals surface area (Å²) in [6.45, 7) is 29.5. The maximum absolute atomic E-state index is 12.1. The van der Waals surface area contributed by atoms with E-state index in [2.05, 4.69) is 79.5 Å². The monoisotopic (exact) mass is 1810 g/mol. The number of nitrogens with two attached hydrogens (primary N) is 6. The fourth-order valence-electron chi connectivity index (χ4n) is 17.7. The molecule has 14 N–H and O–H groups in total. The number of hydrogen-bond acceptors (Lipinski definition) is 44. The molecule has 1 unspecified atom stereocenters. The van der Waals surface area contributed by atoms with Crippen molar-refractivity contribution in [1.82, 2.24) is 98.7 Å². The van der Waals surface area contributed by atoms with Gasteiger partial charge in [0, 0.05) is 20.8 Å². The number of aliphatic hydroxyl groups is 2. The maximum atomic E-state index is 12.1. The zero-order valence-electron chi connectivity index (χ0n) is 72.8. The van der Waals surface area contributed by atoms with Gasteiger partial charge in [-0.05, 0) is 95.4 Å². The van der Waals surface area contributed by atoms with Crippen LogP contribution in [0.1, 0.15) is 222 Å². The molecular weight excluding hydrogens is 1710 g/mol. The molecule has 0 spiro atoms. The lowest BCUT2D eigenvalue weighted by molar-refractivity contribution is -0.201. The van der Waals surface area contributed by atoms with Crippen LogP contribution >= 0.6 is 0 Å². The van der Waals surface area contributed by atoms with Crippen molar-refractivity contribution in [3.05, 3.63) is 60.1 Å². The Morgan fingerprint density at radius 1 is 0.406 bits per heavy atom. The first-order chi connectivity index (χ1) is 60.4. The van der Waals surface area contributed by atoms with Gasteiger partial charge in [-0.15, -0.1) is 0 Å². The molecule has 20 heterocycles. The van der Waals surface area contributed by atoms with Crippen LogP contribution in [0.5, 0.6) is 0 Å². The van der Waals surface area contributed by atoms with Gasteiger partial charge >= 0.3 is 10.3 Å². The number of carbonyl (C=O) groups is 4. The molecule has 10 fully saturated rings. The summed E-state index contributed by atoms with van der Waals surface area (Å²) in [4.78, 5) is 88.4. The highest BCUT2D eigenvalue weighted by Crippen LogP contribution is 2.51. The summed E-state index contributed by atoms with van der Waals surface area (Å²) < 4.78 is 125. The molecule has 10 saturated heterocycles. The normalized spacial score (nSPS) is 30.7. The second kappa shape index (κ2) is 33.8. The Labute approximate surface area is 728 Å². The third kappa shape index (κ3) is 16.7. The second-order valence-electron chi connectivity index (χ2n) is 34.1. The van der Waals surface area contributed by atoms with E-state index in [0.29, 0.717) is 61.5 Å². The van der Waals surface area contributed by atoms with Gasteiger partial charge in [-0.3, -0.25) is 23.4 Å². The number of hydrogen-bond donors (Lipinski definition) is 8. The molecule has 50 nitrogen and oxygen atoms in total. The largest absolute Gasteiger partial charge is 0.394 e. The minimum Gasteiger partial charge on any atom is -0.394 e. The Hall–Kier alpha value is -10.4. The zero-order chi connectivity index (χ0) is 92.0. The number of Topliss-reactive ketones (excluding diaryl/α,β-unsaturated/α-hetero) is 3. The number of rotatable bonds is 17. The standard InChI is InChI=1S/C16H23N5O4.C16H21N5O4.C15H20N6O7S.C15H19N5O5.C15H19N5O4/c2*1-5-8-11-12(25-16(3,4)24-11)15(23-8)21-14-9(10(20-21)7(2)22)13(17)18-6-19-14;1-6(22)9-8-12(16)18-5-19-13(8)21(20-9)14-11-10(27-15(2,3)28-11)7(26-14)4-25-29(17,23)24;1-6(22)9-8-12(16)17-5-18-13(8)20(19-9)14-11-10(7(4-21)23-14)24-15(2,3)25-11;1-4-8-10-11(24-15(2,3)23-10)14(22-8)20-13-9(7(5-21)19-20)12(16)17-6-18-13/h6-8,11-12,15,22H,5H2,1-4H3,(H2,17,18,19);6,8,11-12,15H,5H2,1-4H3,(H2,17,18,19);5,7,10-11,14H,4H2,1-3H3,(H2,16,18,19)(H2,17,23,24);5,7,10-11,14,21H,4H2,1-3H3,(H2,16,17,18);5-6,8,10-11,14H,4H2,1-3H3,(H2,16,17,18)/t7?,8-,11-,12-,15-;8-,11-,12-,15-;2*7-,10-,11-,14-;8-,10-,11-,14-/m11111/s1. The van der Waals surface area contributed by atoms with Crippen LogP contribution in [-0.2, 0) is 85.5 Å². The smallest absolute Gasteiger partial charge is 0.333 e. The van der Waals surface area contributed by atoms with Gasteiger partial charge in [0.25, 0.3) is 0 Å². The third-order valence-corrected chi connectivity index (χ3v) is 23.2. The minimum atomic E-state index is -4.18. The van der Waals surface area contributed by atoms with Gasteiger partial charge in [-0.25, -0.2) is 78.4 Å². The van der Waals surface area contributed by atoms with Crippen LogP contribution in [0.2, 0.25) is 0 Å². The van der Waals surface area contributed by atoms with Gasteiger partial charge in [0.05, 0.1) is 64.6 Å². The molecule has 0 radical (unpaired) electrons. The van der Waals surface area contributed by atoms with E-state index >= 15 is 0 Å². The minimum absolute atomic E-state index is 0.0839. The van der Waals surface area contributed by atoms with Crippen LogP contribution in [-0.4, -0.2) is 275 Å². The van der Waals surface area contributed by atoms with E-state index in [1.807, 2.05) is 62.3 Å². The van der Waals surface area contributed by atoms with Gasteiger partial charge in [0.15, 0.2) is 112 Å². The van der Waals surface area contributed by atoms with E-state index in [1.165, 1.54) is 61.8 Å². The first-order valence-corrected chi connectivity index (χ1v) is 42.8. The molecule has 10 aliphatic rings. The summed E-state index contributed by atoms with van der Waals surface area (Å²) in [6.07, 6.45) is -0.139. The number of nitrogen functional groups attached to an aromatic ring is 5. The van der Waals surface area contributed by atoms with Crippen molar-refractivity contribution in [2.75, 3.05) is 41.9 Å². The van der Waals surface area contributed by atoms with Crippen LogP contribution in [0, 0.1) is 0 Å². The number of carbonyl (C=O) groups excluding carboxylic acids is 4. The van der Waals surface area contributed by atoms with Crippen molar-refractivity contribution < 1.29 is 113 Å². The fourth-order valence-corrected chi connectivity index (χ4v) is 18.1. The molecule has 51 heteroatoms. The van der Waals surface area contributed by atoms with E-state index in [9.17, 15) is 37.8 Å². The lowest BCUT2D eigenvalue weighted by atomic mass is 10.1. The highest BCUT2D eigenvalue weighted by molar-refractivity contribution is 7.84. The molecule has 0 aliphatic carbocycles. The zero-order valence-corrected chi connectivity index (χ0v) is 73.6. The predicted octanol–water partition coefficient (Wildman–Crippen LogP) is 3.05. The average Bonchev–Trinajstić information content (AvgIpc) is 1.60. The molecule has 0 aromatic carbocycles. The lowest BCUT2D eigenvalue weighted by Gasteiger charge is -2.24. The third-order valence-electron chi connectivity index (χ3n) is 22.8. The number of ether oxygens (including phenoxy) is 15. The molecule has 20 rings (SSSR count). The lowest BCUT2D eigenvalue weighted by Crippen LogP contribution is -2.34. The van der Waals surface area contributed by atoms with Crippen LogP contribution in [0.25, 0.3) is 55.2 Å². The molecular formula is C77H102N26O24S. The Balaban J connectivity index is 0.000000118. The summed E-state index contributed by atoms with van der Waals surface area (Å²) in [5, 5.41) is 48.7. The van der Waals surface area contributed by atoms with Crippen molar-refractivity contribution in [2.24, 2.45) is 5.14 Å². The van der Waals surface area contributed by atoms with Crippen LogP contribution in [0.3, 0.4) is 0 Å². The molecule has 0 bridgehead atoms. The van der Waals surface area contributed by atoms with Gasteiger partial charge in [-0.2, -0.15) is 33.9 Å². The number of ketones is 3. The number of anilines is 5. The van der Waals surface area contributed by atoms with Gasteiger partial charge in [0.1, 0.15) is 162 Å². The van der Waals surface area contributed by atoms with Gasteiger partial charge in [0.2, 0.25) is 0 Å². The molecule has 690 valence electrons. The van der Waals surface area contributed by atoms with Crippen molar-refractivity contribution >= 4 is 118 Å². The SMILES string of the molecule is CC(=O)c1nn([C@@H]2O[C@H](CO)[C@H]3OC(C)(C)O[C@H]32)c2ncnc(N)c12.CC(=O)c1nn([C@@H]2O[C@H](COS(N)(=O)=O)[C@H]3OC(C)(C)O[C@H]32)c2ncnc(N)c12.CC[C@H]1O[C@@H](n2nc(C(C)=O)c3c(N)ncnc32)[C@@H]2OC(C)(C)O[C@@H]21.CC[C@H]1O[C@@H](n2nc(C(C)O)c3c(N)ncnc32)[C@@H]2OC(C)(C)O[C@@H]21.CC[C@H]1O[C@@H](n2nc(C=O)c3c(N)ncnc32)[C@@H]2OC(C)(C)O[C@@H]21. The second-order valence-corrected chi connectivity index (χ2v) is 35.3. The van der Waals surface area contributed by atoms with Gasteiger partial charge in [-0.1, -0.05) is 20.8 Å². The van der Waals surface area contributed by atoms with E-state index in [0.717, 1.165) is 19.3 Å². The Morgan fingerprint density at radius 2 is 0.656 bits per heavy atom. The molecule has 0 amide bonds.